The molecule has 5 heteroatoms. The van der Waals surface area contributed by atoms with Gasteiger partial charge in [0.15, 0.2) is 0 Å². The van der Waals surface area contributed by atoms with Crippen LogP contribution in [0.5, 0.6) is 5.75 Å². The van der Waals surface area contributed by atoms with Gasteiger partial charge in [0.05, 0.1) is 13.2 Å². The number of hydrogen-bond donors (Lipinski definition) is 1. The molecule has 1 atom stereocenters. The molecule has 5 nitrogen and oxygen atoms in total. The third-order valence-corrected chi connectivity index (χ3v) is 4.73. The van der Waals surface area contributed by atoms with E-state index in [1.54, 1.807) is 19.2 Å². The zero-order valence-electron chi connectivity index (χ0n) is 15.0. The summed E-state index contributed by atoms with van der Waals surface area (Å²) < 4.78 is 5.20. The normalized spacial score (nSPS) is 16.3. The fraction of sp³-hybridized carbons (Fsp3) is 0.333. The highest BCUT2D eigenvalue weighted by Gasteiger charge is 2.29. The third-order valence-electron chi connectivity index (χ3n) is 4.73. The first-order valence-electron chi connectivity index (χ1n) is 8.95. The molecule has 0 bridgehead atoms. The molecule has 2 aromatic carbocycles. The van der Waals surface area contributed by atoms with E-state index in [4.69, 9.17) is 4.74 Å². The molecule has 2 amide bonds. The molecular formula is C21H24N2O3. The molecule has 1 aliphatic rings. The molecule has 0 aromatic heterocycles. The standard InChI is InChI=1S/C21H24N2O3/c1-26-18-11-9-16(10-12-18)19-8-5-15-23(19)20(24)13-14-22-21(25)17-6-3-2-4-7-17/h2-4,6-7,9-12,19H,5,8,13-15H2,1H3,(H,22,25). The van der Waals surface area contributed by atoms with Crippen LogP contribution in [0.2, 0.25) is 0 Å². The van der Waals surface area contributed by atoms with E-state index >= 15 is 0 Å². The van der Waals surface area contributed by atoms with Crippen LogP contribution in [0, 0.1) is 0 Å². The van der Waals surface area contributed by atoms with E-state index in [-0.39, 0.29) is 17.9 Å². The van der Waals surface area contributed by atoms with Gasteiger partial charge in [-0.15, -0.1) is 0 Å². The number of methoxy groups -OCH3 is 1. The maximum Gasteiger partial charge on any atom is 0.251 e. The Balaban J connectivity index is 1.54. The largest absolute Gasteiger partial charge is 0.497 e. The molecule has 1 N–H and O–H groups in total. The van der Waals surface area contributed by atoms with Crippen molar-refractivity contribution in [2.45, 2.75) is 25.3 Å². The number of rotatable bonds is 6. The summed E-state index contributed by atoms with van der Waals surface area (Å²) in [5.41, 5.74) is 1.74. The van der Waals surface area contributed by atoms with Crippen LogP contribution in [0.25, 0.3) is 0 Å². The Morgan fingerprint density at radius 2 is 1.85 bits per heavy atom. The van der Waals surface area contributed by atoms with Crippen molar-refractivity contribution in [3.63, 3.8) is 0 Å². The number of hydrogen-bond acceptors (Lipinski definition) is 3. The van der Waals surface area contributed by atoms with Gasteiger partial charge in [0.2, 0.25) is 5.91 Å². The lowest BCUT2D eigenvalue weighted by atomic mass is 10.0. The summed E-state index contributed by atoms with van der Waals surface area (Å²) >= 11 is 0. The van der Waals surface area contributed by atoms with Gasteiger partial charge in [0, 0.05) is 25.1 Å². The first-order chi connectivity index (χ1) is 12.7. The molecule has 1 fully saturated rings. The molecule has 1 unspecified atom stereocenters. The molecule has 1 saturated heterocycles. The highest BCUT2D eigenvalue weighted by molar-refractivity contribution is 5.94. The Labute approximate surface area is 154 Å². The van der Waals surface area contributed by atoms with Gasteiger partial charge >= 0.3 is 0 Å². The van der Waals surface area contributed by atoms with Crippen molar-refractivity contribution in [2.24, 2.45) is 0 Å². The van der Waals surface area contributed by atoms with Crippen LogP contribution >= 0.6 is 0 Å². The van der Waals surface area contributed by atoms with Crippen molar-refractivity contribution in [3.05, 3.63) is 65.7 Å². The Hall–Kier alpha value is -2.82. The van der Waals surface area contributed by atoms with Crippen LogP contribution in [0.4, 0.5) is 0 Å². The fourth-order valence-electron chi connectivity index (χ4n) is 3.36. The number of nitrogens with one attached hydrogen (secondary N) is 1. The van der Waals surface area contributed by atoms with Crippen molar-refractivity contribution in [3.8, 4) is 5.75 Å². The Bertz CT molecular complexity index is 744. The van der Waals surface area contributed by atoms with Crippen LogP contribution in [0.1, 0.15) is 41.2 Å². The highest BCUT2D eigenvalue weighted by atomic mass is 16.5. The first kappa shape index (κ1) is 18.0. The third kappa shape index (κ3) is 4.23. The molecule has 1 aliphatic heterocycles. The predicted molar refractivity (Wildman–Crippen MR) is 100 cm³/mol. The van der Waals surface area contributed by atoms with Crippen molar-refractivity contribution in [2.75, 3.05) is 20.2 Å². The SMILES string of the molecule is COc1ccc(C2CCCN2C(=O)CCNC(=O)c2ccccc2)cc1. The highest BCUT2D eigenvalue weighted by Crippen LogP contribution is 2.33. The summed E-state index contributed by atoms with van der Waals surface area (Å²) in [6.45, 7) is 1.11. The summed E-state index contributed by atoms with van der Waals surface area (Å²) in [7, 11) is 1.64. The smallest absolute Gasteiger partial charge is 0.251 e. The predicted octanol–water partition coefficient (Wildman–Crippen LogP) is 3.18. The average Bonchev–Trinajstić information content (AvgIpc) is 3.18. The second-order valence-corrected chi connectivity index (χ2v) is 6.39. The van der Waals surface area contributed by atoms with E-state index in [9.17, 15) is 9.59 Å². The summed E-state index contributed by atoms with van der Waals surface area (Å²) in [6.07, 6.45) is 2.28. The van der Waals surface area contributed by atoms with Crippen molar-refractivity contribution >= 4 is 11.8 Å². The molecule has 1 heterocycles. The van der Waals surface area contributed by atoms with Gasteiger partial charge in [-0.05, 0) is 42.7 Å². The van der Waals surface area contributed by atoms with Gasteiger partial charge in [-0.1, -0.05) is 30.3 Å². The van der Waals surface area contributed by atoms with Gasteiger partial charge < -0.3 is 15.0 Å². The monoisotopic (exact) mass is 352 g/mol. The molecule has 3 rings (SSSR count). The van der Waals surface area contributed by atoms with Crippen molar-refractivity contribution in [1.82, 2.24) is 10.2 Å². The molecule has 0 spiro atoms. The van der Waals surface area contributed by atoms with Crippen LogP contribution in [0.3, 0.4) is 0 Å². The van der Waals surface area contributed by atoms with E-state index < -0.39 is 0 Å². The quantitative estimate of drug-likeness (QED) is 0.869. The van der Waals surface area contributed by atoms with Crippen molar-refractivity contribution in [1.29, 1.82) is 0 Å². The van der Waals surface area contributed by atoms with Crippen LogP contribution in [-0.2, 0) is 4.79 Å². The van der Waals surface area contributed by atoms with Crippen LogP contribution in [0.15, 0.2) is 54.6 Å². The molecular weight excluding hydrogens is 328 g/mol. The average molecular weight is 352 g/mol. The Morgan fingerprint density at radius 3 is 2.54 bits per heavy atom. The number of likely N-dealkylation sites (tertiary alicyclic amines) is 1. The number of carbonyl (C=O) groups is 2. The lowest BCUT2D eigenvalue weighted by Gasteiger charge is -2.25. The van der Waals surface area contributed by atoms with E-state index in [1.165, 1.54) is 0 Å². The minimum Gasteiger partial charge on any atom is -0.497 e. The second kappa shape index (κ2) is 8.52. The van der Waals surface area contributed by atoms with Gasteiger partial charge in [0.1, 0.15) is 5.75 Å². The van der Waals surface area contributed by atoms with E-state index in [2.05, 4.69) is 5.32 Å². The van der Waals surface area contributed by atoms with Gasteiger partial charge in [0.25, 0.3) is 5.91 Å². The minimum atomic E-state index is -0.147. The summed E-state index contributed by atoms with van der Waals surface area (Å²) in [5, 5.41) is 2.82. The maximum atomic E-state index is 12.6. The number of amides is 2. The second-order valence-electron chi connectivity index (χ2n) is 6.39. The lowest BCUT2D eigenvalue weighted by molar-refractivity contribution is -0.132. The Morgan fingerprint density at radius 1 is 1.12 bits per heavy atom. The number of ether oxygens (including phenoxy) is 1. The molecule has 0 radical (unpaired) electrons. The van der Waals surface area contributed by atoms with E-state index in [0.29, 0.717) is 18.5 Å². The number of nitrogens with zero attached hydrogens (tertiary/aromatic N) is 1. The fourth-order valence-corrected chi connectivity index (χ4v) is 3.36. The van der Waals surface area contributed by atoms with Crippen LogP contribution < -0.4 is 10.1 Å². The molecule has 2 aromatic rings. The van der Waals surface area contributed by atoms with E-state index in [0.717, 1.165) is 30.7 Å². The molecule has 136 valence electrons. The van der Waals surface area contributed by atoms with E-state index in [1.807, 2.05) is 47.4 Å². The summed E-state index contributed by atoms with van der Waals surface area (Å²) in [5.74, 6) is 0.747. The minimum absolute atomic E-state index is 0.0803. The lowest BCUT2D eigenvalue weighted by Crippen LogP contribution is -2.34. The molecule has 0 saturated carbocycles. The maximum absolute atomic E-state index is 12.6. The Kier molecular flexibility index (Phi) is 5.89. The summed E-state index contributed by atoms with van der Waals surface area (Å²) in [4.78, 5) is 26.6. The van der Waals surface area contributed by atoms with Crippen molar-refractivity contribution < 1.29 is 14.3 Å². The number of carbonyl (C=O) groups excluding carboxylic acids is 2. The van der Waals surface area contributed by atoms with Gasteiger partial charge in [-0.2, -0.15) is 0 Å². The zero-order valence-corrected chi connectivity index (χ0v) is 15.0. The number of benzene rings is 2. The molecule has 0 aliphatic carbocycles. The van der Waals surface area contributed by atoms with Crippen LogP contribution in [-0.4, -0.2) is 36.9 Å². The topological polar surface area (TPSA) is 58.6 Å². The van der Waals surface area contributed by atoms with Gasteiger partial charge in [-0.3, -0.25) is 9.59 Å². The molecule has 26 heavy (non-hydrogen) atoms. The zero-order chi connectivity index (χ0) is 18.4. The van der Waals surface area contributed by atoms with Gasteiger partial charge in [-0.25, -0.2) is 0 Å². The first-order valence-corrected chi connectivity index (χ1v) is 8.95. The summed E-state index contributed by atoms with van der Waals surface area (Å²) in [6, 6.07) is 17.0.